The minimum Gasteiger partial charge on any atom is -0.493 e. The molecule has 4 rings (SSSR count). The summed E-state index contributed by atoms with van der Waals surface area (Å²) in [6.45, 7) is 7.89. The van der Waals surface area contributed by atoms with Crippen LogP contribution in [-0.4, -0.2) is 53.1 Å². The Labute approximate surface area is 198 Å². The van der Waals surface area contributed by atoms with E-state index in [0.29, 0.717) is 49.7 Å². The molecule has 1 aromatic carbocycles. The van der Waals surface area contributed by atoms with Crippen LogP contribution in [0.4, 0.5) is 13.2 Å². The predicted octanol–water partition coefficient (Wildman–Crippen LogP) is 4.66. The third kappa shape index (κ3) is 4.50. The fraction of sp³-hybridized carbons (Fsp3) is 0.560. The first-order valence-electron chi connectivity index (χ1n) is 11.7. The lowest BCUT2D eigenvalue weighted by atomic mass is 9.81. The molecule has 0 atom stereocenters. The van der Waals surface area contributed by atoms with Gasteiger partial charge in [0.05, 0.1) is 18.8 Å². The number of piperidine rings is 1. The summed E-state index contributed by atoms with van der Waals surface area (Å²) in [7, 11) is 1.61. The number of amides is 1. The van der Waals surface area contributed by atoms with Crippen molar-refractivity contribution < 1.29 is 27.4 Å². The molecule has 1 aromatic heterocycles. The normalized spacial score (nSPS) is 18.3. The third-order valence-corrected chi connectivity index (χ3v) is 6.87. The highest BCUT2D eigenvalue weighted by atomic mass is 19.4. The average molecular weight is 480 g/mol. The largest absolute Gasteiger partial charge is 0.493 e. The lowest BCUT2D eigenvalue weighted by molar-refractivity contribution is -0.147. The van der Waals surface area contributed by atoms with Gasteiger partial charge in [-0.25, -0.2) is 0 Å². The first-order chi connectivity index (χ1) is 16.0. The van der Waals surface area contributed by atoms with Crippen LogP contribution in [0, 0.1) is 0 Å². The monoisotopic (exact) mass is 479 g/mol. The molecule has 1 fully saturated rings. The van der Waals surface area contributed by atoms with Crippen molar-refractivity contribution in [2.75, 3.05) is 26.7 Å². The quantitative estimate of drug-likeness (QED) is 0.626. The van der Waals surface area contributed by atoms with Crippen molar-refractivity contribution >= 4 is 5.91 Å². The molecule has 3 heterocycles. The van der Waals surface area contributed by atoms with Crippen LogP contribution in [0.3, 0.4) is 0 Å². The number of aromatic nitrogens is 1. The Hall–Kier alpha value is -2.68. The molecular formula is C25H32F3N3O3. The zero-order chi connectivity index (χ0) is 24.7. The van der Waals surface area contributed by atoms with Crippen LogP contribution in [0.2, 0.25) is 0 Å². The fourth-order valence-corrected chi connectivity index (χ4v) is 5.40. The summed E-state index contributed by atoms with van der Waals surface area (Å²) in [5, 5.41) is 0. The maximum Gasteiger partial charge on any atom is 0.431 e. The molecule has 0 saturated carbocycles. The predicted molar refractivity (Wildman–Crippen MR) is 122 cm³/mol. The lowest BCUT2D eigenvalue weighted by Gasteiger charge is -2.51. The van der Waals surface area contributed by atoms with Crippen LogP contribution in [0.5, 0.6) is 11.5 Å². The van der Waals surface area contributed by atoms with Gasteiger partial charge < -0.3 is 18.9 Å². The molecule has 2 aromatic rings. The highest BCUT2D eigenvalue weighted by Gasteiger charge is 2.49. The van der Waals surface area contributed by atoms with Gasteiger partial charge in [-0.05, 0) is 56.5 Å². The van der Waals surface area contributed by atoms with Crippen LogP contribution in [0.25, 0.3) is 0 Å². The maximum absolute atomic E-state index is 13.6. The summed E-state index contributed by atoms with van der Waals surface area (Å²) in [5.41, 5.74) is 0.316. The van der Waals surface area contributed by atoms with Gasteiger partial charge >= 0.3 is 6.18 Å². The van der Waals surface area contributed by atoms with Gasteiger partial charge in [-0.2, -0.15) is 13.2 Å². The van der Waals surface area contributed by atoms with Crippen molar-refractivity contribution in [2.45, 2.75) is 64.5 Å². The van der Waals surface area contributed by atoms with E-state index in [1.807, 2.05) is 32.0 Å². The van der Waals surface area contributed by atoms with Crippen LogP contribution in [0.15, 0.2) is 30.3 Å². The molecule has 186 valence electrons. The first-order valence-corrected chi connectivity index (χ1v) is 11.7. The Morgan fingerprint density at radius 2 is 1.76 bits per heavy atom. The second-order valence-electron chi connectivity index (χ2n) is 9.38. The van der Waals surface area contributed by atoms with E-state index in [0.717, 1.165) is 11.6 Å². The number of likely N-dealkylation sites (tertiary alicyclic amines) is 1. The minimum absolute atomic E-state index is 0.0366. The van der Waals surface area contributed by atoms with Gasteiger partial charge in [-0.1, -0.05) is 6.07 Å². The van der Waals surface area contributed by atoms with Crippen molar-refractivity contribution in [2.24, 2.45) is 0 Å². The Kier molecular flexibility index (Phi) is 6.59. The number of carbonyl (C=O) groups excluding carboxylic acids is 1. The summed E-state index contributed by atoms with van der Waals surface area (Å²) < 4.78 is 53.3. The smallest absolute Gasteiger partial charge is 0.431 e. The topological polar surface area (TPSA) is 46.9 Å². The molecular weight excluding hydrogens is 447 g/mol. The van der Waals surface area contributed by atoms with Gasteiger partial charge in [-0.15, -0.1) is 0 Å². The number of hydrogen-bond donors (Lipinski definition) is 0. The number of fused-ring (bicyclic) bond motifs is 2. The number of halogens is 3. The summed E-state index contributed by atoms with van der Waals surface area (Å²) in [5.74, 6) is 1.27. The molecule has 2 aliphatic rings. The fourth-order valence-electron chi connectivity index (χ4n) is 5.40. The number of rotatable bonds is 5. The van der Waals surface area contributed by atoms with Gasteiger partial charge in [0.1, 0.15) is 5.69 Å². The Morgan fingerprint density at radius 3 is 2.35 bits per heavy atom. The zero-order valence-corrected chi connectivity index (χ0v) is 20.1. The number of carbonyl (C=O) groups is 1. The van der Waals surface area contributed by atoms with E-state index in [-0.39, 0.29) is 25.1 Å². The Balaban J connectivity index is 1.54. The summed E-state index contributed by atoms with van der Waals surface area (Å²) >= 11 is 0. The molecule has 1 saturated heterocycles. The lowest BCUT2D eigenvalue weighted by Crippen LogP contribution is -2.58. The standard InChI is InChI=1S/C25H32F3N3O3/c1-17(2)34-20-6-5-19(15-21(20)33-4)16-29-11-9-24(10-12-29)22-7-8-23(25(26,27)28)30(22)13-14-31(24)18(3)32/h5-8,15,17H,9-14,16H2,1-4H3. The molecule has 9 heteroatoms. The number of methoxy groups -OCH3 is 1. The molecule has 1 spiro atoms. The van der Waals surface area contributed by atoms with E-state index in [1.165, 1.54) is 11.5 Å². The van der Waals surface area contributed by atoms with Crippen molar-refractivity contribution in [1.82, 2.24) is 14.4 Å². The average Bonchev–Trinajstić information content (AvgIpc) is 3.22. The zero-order valence-electron chi connectivity index (χ0n) is 20.1. The summed E-state index contributed by atoms with van der Waals surface area (Å²) in [6.07, 6.45) is -3.21. The third-order valence-electron chi connectivity index (χ3n) is 6.87. The van der Waals surface area contributed by atoms with Gasteiger partial charge in [-0.3, -0.25) is 9.69 Å². The van der Waals surface area contributed by atoms with E-state index < -0.39 is 17.4 Å². The highest BCUT2D eigenvalue weighted by molar-refractivity contribution is 5.74. The maximum atomic E-state index is 13.6. The van der Waals surface area contributed by atoms with E-state index in [1.54, 1.807) is 18.1 Å². The molecule has 2 aliphatic heterocycles. The van der Waals surface area contributed by atoms with Crippen LogP contribution < -0.4 is 9.47 Å². The molecule has 0 unspecified atom stereocenters. The molecule has 34 heavy (non-hydrogen) atoms. The summed E-state index contributed by atoms with van der Waals surface area (Å²) in [6, 6.07) is 8.59. The number of ether oxygens (including phenoxy) is 2. The van der Waals surface area contributed by atoms with E-state index in [2.05, 4.69) is 4.90 Å². The van der Waals surface area contributed by atoms with E-state index in [4.69, 9.17) is 9.47 Å². The summed E-state index contributed by atoms with van der Waals surface area (Å²) in [4.78, 5) is 16.5. The van der Waals surface area contributed by atoms with Crippen LogP contribution in [-0.2, 0) is 29.6 Å². The molecule has 0 N–H and O–H groups in total. The minimum atomic E-state index is -4.41. The van der Waals surface area contributed by atoms with Gasteiger partial charge in [0.15, 0.2) is 11.5 Å². The second kappa shape index (κ2) is 9.17. The molecule has 1 amide bonds. The highest BCUT2D eigenvalue weighted by Crippen LogP contribution is 2.45. The molecule has 0 radical (unpaired) electrons. The Morgan fingerprint density at radius 1 is 1.06 bits per heavy atom. The number of benzene rings is 1. The van der Waals surface area contributed by atoms with Gasteiger partial charge in [0.2, 0.25) is 5.91 Å². The second-order valence-corrected chi connectivity index (χ2v) is 9.38. The number of nitrogens with zero attached hydrogens (tertiary/aromatic N) is 3. The van der Waals surface area contributed by atoms with Gasteiger partial charge in [0, 0.05) is 45.3 Å². The SMILES string of the molecule is COc1cc(CN2CCC3(CC2)c2ccc(C(F)(F)F)n2CCN3C(C)=O)ccc1OC(C)C. The van der Waals surface area contributed by atoms with Gasteiger partial charge in [0.25, 0.3) is 0 Å². The number of alkyl halides is 3. The van der Waals surface area contributed by atoms with Crippen molar-refractivity contribution in [1.29, 1.82) is 0 Å². The number of hydrogen-bond acceptors (Lipinski definition) is 4. The van der Waals surface area contributed by atoms with Crippen LogP contribution >= 0.6 is 0 Å². The van der Waals surface area contributed by atoms with Crippen LogP contribution in [0.1, 0.15) is 50.6 Å². The van der Waals surface area contributed by atoms with E-state index >= 15 is 0 Å². The first kappa shape index (κ1) is 24.4. The molecule has 6 nitrogen and oxygen atoms in total. The van der Waals surface area contributed by atoms with E-state index in [9.17, 15) is 18.0 Å². The molecule has 0 bridgehead atoms. The molecule has 0 aliphatic carbocycles. The van der Waals surface area contributed by atoms with Crippen molar-refractivity contribution in [3.63, 3.8) is 0 Å². The van der Waals surface area contributed by atoms with Crippen molar-refractivity contribution in [3.05, 3.63) is 47.3 Å². The Bertz CT molecular complexity index is 1040. The van der Waals surface area contributed by atoms with Crippen molar-refractivity contribution in [3.8, 4) is 11.5 Å².